The highest BCUT2D eigenvalue weighted by Crippen LogP contribution is 2.22. The first kappa shape index (κ1) is 17.7. The lowest BCUT2D eigenvalue weighted by Crippen LogP contribution is -1.80. The van der Waals surface area contributed by atoms with Crippen LogP contribution in [0.2, 0.25) is 0 Å². The molecule has 0 amide bonds. The van der Waals surface area contributed by atoms with Crippen molar-refractivity contribution in [3.05, 3.63) is 120 Å². The fourth-order valence-corrected chi connectivity index (χ4v) is 3.03. The maximum absolute atomic E-state index is 2.16. The summed E-state index contributed by atoms with van der Waals surface area (Å²) in [5.41, 5.74) is 7.88. The number of aryl methyl sites for hydroxylation is 2. The van der Waals surface area contributed by atoms with Crippen molar-refractivity contribution in [1.82, 2.24) is 0 Å². The second kappa shape index (κ2) is 8.82. The predicted molar refractivity (Wildman–Crippen MR) is 113 cm³/mol. The average molecular weight is 336 g/mol. The number of rotatable bonds is 2. The van der Waals surface area contributed by atoms with E-state index in [1.807, 2.05) is 12.1 Å². The predicted octanol–water partition coefficient (Wildman–Crippen LogP) is 7.32. The molecule has 0 spiro atoms. The molecule has 0 aliphatic rings. The molecule has 0 heteroatoms. The molecule has 0 aliphatic heterocycles. The zero-order valence-corrected chi connectivity index (χ0v) is 15.4. The lowest BCUT2D eigenvalue weighted by molar-refractivity contribution is 1.46. The van der Waals surface area contributed by atoms with Crippen LogP contribution >= 0.6 is 0 Å². The van der Waals surface area contributed by atoms with E-state index in [2.05, 4.69) is 111 Å². The minimum absolute atomic E-state index is 1.29. The van der Waals surface area contributed by atoms with Crippen molar-refractivity contribution < 1.29 is 0 Å². The highest BCUT2D eigenvalue weighted by atomic mass is 14.0. The van der Waals surface area contributed by atoms with Gasteiger partial charge in [0, 0.05) is 0 Å². The molecule has 4 rings (SSSR count). The van der Waals surface area contributed by atoms with E-state index < -0.39 is 0 Å². The molecule has 0 heterocycles. The van der Waals surface area contributed by atoms with Crippen LogP contribution in [0, 0.1) is 13.8 Å². The van der Waals surface area contributed by atoms with Crippen LogP contribution in [0.1, 0.15) is 11.1 Å². The van der Waals surface area contributed by atoms with Gasteiger partial charge in [0.2, 0.25) is 0 Å². The van der Waals surface area contributed by atoms with Gasteiger partial charge in [0.1, 0.15) is 0 Å². The maximum Gasteiger partial charge on any atom is -0.0155 e. The minimum Gasteiger partial charge on any atom is -0.0622 e. The van der Waals surface area contributed by atoms with Gasteiger partial charge in [-0.3, -0.25) is 0 Å². The monoisotopic (exact) mass is 336 g/mol. The van der Waals surface area contributed by atoms with E-state index in [0.717, 1.165) is 0 Å². The van der Waals surface area contributed by atoms with E-state index in [0.29, 0.717) is 0 Å². The lowest BCUT2D eigenvalue weighted by atomic mass is 10.0. The zero-order chi connectivity index (χ0) is 18.2. The van der Waals surface area contributed by atoms with Gasteiger partial charge in [-0.2, -0.15) is 0 Å². The van der Waals surface area contributed by atoms with Gasteiger partial charge in [-0.05, 0) is 47.2 Å². The van der Waals surface area contributed by atoms with Gasteiger partial charge in [-0.1, -0.05) is 109 Å². The third-order valence-corrected chi connectivity index (χ3v) is 4.46. The fourth-order valence-electron chi connectivity index (χ4n) is 3.03. The second-order valence-electron chi connectivity index (χ2n) is 6.36. The zero-order valence-electron chi connectivity index (χ0n) is 15.4. The molecule has 4 aromatic rings. The molecule has 128 valence electrons. The van der Waals surface area contributed by atoms with Gasteiger partial charge < -0.3 is 0 Å². The summed E-state index contributed by atoms with van der Waals surface area (Å²) in [7, 11) is 0. The molecule has 0 aliphatic carbocycles. The van der Waals surface area contributed by atoms with Crippen LogP contribution in [-0.2, 0) is 0 Å². The molecule has 0 nitrogen and oxygen atoms in total. The summed E-state index contributed by atoms with van der Waals surface area (Å²) >= 11 is 0. The quantitative estimate of drug-likeness (QED) is 0.359. The van der Waals surface area contributed by atoms with Crippen molar-refractivity contribution in [3.8, 4) is 22.3 Å². The summed E-state index contributed by atoms with van der Waals surface area (Å²) in [5, 5.41) is 0. The molecule has 0 radical (unpaired) electrons. The van der Waals surface area contributed by atoms with Gasteiger partial charge in [-0.15, -0.1) is 0 Å². The molecular weight excluding hydrogens is 312 g/mol. The first-order valence-corrected chi connectivity index (χ1v) is 8.98. The summed E-state index contributed by atoms with van der Waals surface area (Å²) in [6.45, 7) is 4.28. The fraction of sp³-hybridized carbons (Fsp3) is 0.0769. The number of hydrogen-bond acceptors (Lipinski definition) is 0. The minimum atomic E-state index is 1.29. The summed E-state index contributed by atoms with van der Waals surface area (Å²) in [6.07, 6.45) is 0. The number of hydrogen-bond donors (Lipinski definition) is 0. The van der Waals surface area contributed by atoms with Crippen LogP contribution in [-0.4, -0.2) is 0 Å². The molecule has 0 saturated carbocycles. The smallest absolute Gasteiger partial charge is 0.0155 e. The Morgan fingerprint density at radius 3 is 1.00 bits per heavy atom. The van der Waals surface area contributed by atoms with Crippen LogP contribution in [0.4, 0.5) is 0 Å². The maximum atomic E-state index is 2.16. The van der Waals surface area contributed by atoms with Gasteiger partial charge in [0.05, 0.1) is 0 Å². The van der Waals surface area contributed by atoms with E-state index in [9.17, 15) is 0 Å². The summed E-state index contributed by atoms with van der Waals surface area (Å²) < 4.78 is 0. The van der Waals surface area contributed by atoms with Crippen LogP contribution in [0.5, 0.6) is 0 Å². The van der Waals surface area contributed by atoms with E-state index in [1.165, 1.54) is 33.4 Å². The van der Waals surface area contributed by atoms with Crippen molar-refractivity contribution in [3.63, 3.8) is 0 Å². The largest absolute Gasteiger partial charge is 0.0622 e. The van der Waals surface area contributed by atoms with E-state index in [-0.39, 0.29) is 0 Å². The third kappa shape index (κ3) is 4.49. The van der Waals surface area contributed by atoms with Crippen molar-refractivity contribution in [2.45, 2.75) is 13.8 Å². The molecule has 0 fully saturated rings. The van der Waals surface area contributed by atoms with Gasteiger partial charge in [0.15, 0.2) is 0 Å². The first-order valence-electron chi connectivity index (χ1n) is 8.98. The summed E-state index contributed by atoms with van der Waals surface area (Å²) in [4.78, 5) is 0. The highest BCUT2D eigenvalue weighted by Gasteiger charge is 1.98. The van der Waals surface area contributed by atoms with Gasteiger partial charge >= 0.3 is 0 Å². The Hall–Kier alpha value is -3.12. The normalized spacial score (nSPS) is 9.92. The Balaban J connectivity index is 0.000000151. The van der Waals surface area contributed by atoms with Crippen molar-refractivity contribution in [1.29, 1.82) is 0 Å². The van der Waals surface area contributed by atoms with Crippen LogP contribution in [0.3, 0.4) is 0 Å². The molecule has 0 saturated heterocycles. The Labute approximate surface area is 156 Å². The van der Waals surface area contributed by atoms with E-state index in [4.69, 9.17) is 0 Å². The Kier molecular flexibility index (Phi) is 6.01. The highest BCUT2D eigenvalue weighted by molar-refractivity contribution is 5.67. The lowest BCUT2D eigenvalue weighted by Gasteiger charge is -2.04. The molecule has 0 N–H and O–H groups in total. The molecule has 0 unspecified atom stereocenters. The molecule has 0 atom stereocenters. The van der Waals surface area contributed by atoms with Crippen molar-refractivity contribution in [2.75, 3.05) is 0 Å². The summed E-state index contributed by atoms with van der Waals surface area (Å²) in [5.74, 6) is 0. The molecule has 4 aromatic carbocycles. The average Bonchev–Trinajstić information content (AvgIpc) is 2.71. The molecule has 0 bridgehead atoms. The van der Waals surface area contributed by atoms with E-state index >= 15 is 0 Å². The van der Waals surface area contributed by atoms with Crippen LogP contribution < -0.4 is 0 Å². The standard InChI is InChI=1S/2C13H12/c2*1-11-7-5-6-10-13(11)12-8-3-2-4-9-12/h2*2-10H,1H3. The Morgan fingerprint density at radius 1 is 0.346 bits per heavy atom. The summed E-state index contributed by atoms with van der Waals surface area (Å²) in [6, 6.07) is 37.8. The second-order valence-corrected chi connectivity index (χ2v) is 6.36. The Morgan fingerprint density at radius 2 is 0.654 bits per heavy atom. The van der Waals surface area contributed by atoms with Gasteiger partial charge in [-0.25, -0.2) is 0 Å². The number of benzene rings is 4. The van der Waals surface area contributed by atoms with Crippen LogP contribution in [0.15, 0.2) is 109 Å². The van der Waals surface area contributed by atoms with Crippen molar-refractivity contribution in [2.24, 2.45) is 0 Å². The Bertz CT molecular complexity index is 857. The van der Waals surface area contributed by atoms with Crippen molar-refractivity contribution >= 4 is 0 Å². The van der Waals surface area contributed by atoms with Gasteiger partial charge in [0.25, 0.3) is 0 Å². The first-order chi connectivity index (χ1) is 12.8. The molecule has 26 heavy (non-hydrogen) atoms. The third-order valence-electron chi connectivity index (χ3n) is 4.46. The topological polar surface area (TPSA) is 0 Å². The van der Waals surface area contributed by atoms with Crippen LogP contribution in [0.25, 0.3) is 22.3 Å². The molecular formula is C26H24. The molecule has 0 aromatic heterocycles. The van der Waals surface area contributed by atoms with E-state index in [1.54, 1.807) is 0 Å². The SMILES string of the molecule is Cc1ccccc1-c1ccccc1.Cc1ccccc1-c1ccccc1.